The van der Waals surface area contributed by atoms with Crippen molar-refractivity contribution in [3.63, 3.8) is 0 Å². The molecule has 1 aromatic rings. The van der Waals surface area contributed by atoms with E-state index in [1.807, 2.05) is 32.0 Å². The van der Waals surface area contributed by atoms with E-state index in [0.29, 0.717) is 5.92 Å². The lowest BCUT2D eigenvalue weighted by Gasteiger charge is -2.22. The number of aliphatic hydroxyl groups excluding tert-OH is 1. The fourth-order valence-corrected chi connectivity index (χ4v) is 2.63. The van der Waals surface area contributed by atoms with E-state index in [2.05, 4.69) is 4.90 Å². The monoisotopic (exact) mass is 264 g/mol. The zero-order valence-electron chi connectivity index (χ0n) is 11.8. The van der Waals surface area contributed by atoms with Crippen LogP contribution in [0.5, 0.6) is 5.75 Å². The minimum Gasteiger partial charge on any atom is -0.489 e. The maximum atomic E-state index is 9.02. The van der Waals surface area contributed by atoms with E-state index < -0.39 is 0 Å². The normalized spacial score (nSPS) is 19.2. The van der Waals surface area contributed by atoms with Crippen LogP contribution in [-0.4, -0.2) is 30.9 Å². The molecule has 1 fully saturated rings. The fourth-order valence-electron chi connectivity index (χ4n) is 2.63. The van der Waals surface area contributed by atoms with Crippen LogP contribution in [-0.2, 0) is 0 Å². The van der Waals surface area contributed by atoms with Gasteiger partial charge in [0.1, 0.15) is 5.75 Å². The number of nitrogen functional groups attached to an aromatic ring is 1. The van der Waals surface area contributed by atoms with Gasteiger partial charge in [-0.2, -0.15) is 0 Å². The number of nitrogens with two attached hydrogens (primary N) is 1. The van der Waals surface area contributed by atoms with Crippen LogP contribution in [0.4, 0.5) is 11.4 Å². The van der Waals surface area contributed by atoms with E-state index in [-0.39, 0.29) is 12.7 Å². The maximum Gasteiger partial charge on any atom is 0.144 e. The zero-order valence-corrected chi connectivity index (χ0v) is 11.8. The van der Waals surface area contributed by atoms with Crippen molar-refractivity contribution >= 4 is 11.4 Å². The largest absolute Gasteiger partial charge is 0.489 e. The topological polar surface area (TPSA) is 58.7 Å². The van der Waals surface area contributed by atoms with E-state index in [9.17, 15) is 0 Å². The molecular weight excluding hydrogens is 240 g/mol. The summed E-state index contributed by atoms with van der Waals surface area (Å²) in [6.45, 7) is 6.23. The van der Waals surface area contributed by atoms with Crippen LogP contribution < -0.4 is 15.4 Å². The fraction of sp³-hybridized carbons (Fsp3) is 0.600. The molecule has 2 rings (SSSR count). The standard InChI is InChI=1S/C15H24N2O2/c1-11(2)19-14-5-3-4-13(15(14)16)17-8-6-12(10-17)7-9-18/h3-5,11-12,18H,6-10,16H2,1-2H3. The third-order valence-corrected chi connectivity index (χ3v) is 3.57. The van der Waals surface area contributed by atoms with Crippen molar-refractivity contribution in [1.29, 1.82) is 0 Å². The number of hydrogen-bond acceptors (Lipinski definition) is 4. The summed E-state index contributed by atoms with van der Waals surface area (Å²) < 4.78 is 5.73. The predicted octanol–water partition coefficient (Wildman–Crippen LogP) is 2.26. The Kier molecular flexibility index (Phi) is 4.53. The van der Waals surface area contributed by atoms with Crippen molar-refractivity contribution in [2.75, 3.05) is 30.3 Å². The number of aliphatic hydroxyl groups is 1. The van der Waals surface area contributed by atoms with Crippen molar-refractivity contribution in [2.24, 2.45) is 5.92 Å². The molecule has 0 bridgehead atoms. The molecule has 3 N–H and O–H groups in total. The lowest BCUT2D eigenvalue weighted by molar-refractivity contribution is 0.244. The van der Waals surface area contributed by atoms with Gasteiger partial charge in [-0.1, -0.05) is 6.07 Å². The van der Waals surface area contributed by atoms with Gasteiger partial charge in [-0.15, -0.1) is 0 Å². The summed E-state index contributed by atoms with van der Waals surface area (Å²) in [6, 6.07) is 5.95. The molecule has 0 amide bonds. The quantitative estimate of drug-likeness (QED) is 0.801. The number of rotatable bonds is 5. The number of nitrogens with zero attached hydrogens (tertiary/aromatic N) is 1. The molecule has 106 valence electrons. The molecule has 4 heteroatoms. The van der Waals surface area contributed by atoms with Crippen LogP contribution in [0.25, 0.3) is 0 Å². The third kappa shape index (κ3) is 3.32. The van der Waals surface area contributed by atoms with Gasteiger partial charge in [-0.05, 0) is 44.7 Å². The molecule has 1 unspecified atom stereocenters. The highest BCUT2D eigenvalue weighted by Crippen LogP contribution is 2.35. The minimum absolute atomic E-state index is 0.123. The highest BCUT2D eigenvalue weighted by molar-refractivity contribution is 5.74. The average molecular weight is 264 g/mol. The molecule has 0 radical (unpaired) electrons. The Hall–Kier alpha value is -1.42. The van der Waals surface area contributed by atoms with Gasteiger partial charge in [0.2, 0.25) is 0 Å². The molecule has 0 aliphatic carbocycles. The number of ether oxygens (including phenoxy) is 1. The Morgan fingerprint density at radius 2 is 2.26 bits per heavy atom. The lowest BCUT2D eigenvalue weighted by atomic mass is 10.1. The first-order chi connectivity index (χ1) is 9.11. The molecule has 19 heavy (non-hydrogen) atoms. The summed E-state index contributed by atoms with van der Waals surface area (Å²) in [5.74, 6) is 1.33. The second kappa shape index (κ2) is 6.15. The Labute approximate surface area is 115 Å². The van der Waals surface area contributed by atoms with Gasteiger partial charge in [0.25, 0.3) is 0 Å². The summed E-state index contributed by atoms with van der Waals surface area (Å²) >= 11 is 0. The molecule has 0 aromatic heterocycles. The smallest absolute Gasteiger partial charge is 0.144 e. The van der Waals surface area contributed by atoms with E-state index in [1.54, 1.807) is 0 Å². The minimum atomic E-state index is 0.123. The molecule has 1 saturated heterocycles. The number of benzene rings is 1. The molecule has 1 aromatic carbocycles. The average Bonchev–Trinajstić information content (AvgIpc) is 2.80. The second-order valence-corrected chi connectivity index (χ2v) is 5.47. The summed E-state index contributed by atoms with van der Waals surface area (Å²) in [7, 11) is 0. The second-order valence-electron chi connectivity index (χ2n) is 5.47. The van der Waals surface area contributed by atoms with Crippen molar-refractivity contribution in [3.05, 3.63) is 18.2 Å². The van der Waals surface area contributed by atoms with Crippen LogP contribution in [0.2, 0.25) is 0 Å². The first-order valence-corrected chi connectivity index (χ1v) is 7.02. The molecule has 1 heterocycles. The number of hydrogen-bond donors (Lipinski definition) is 2. The molecule has 0 spiro atoms. The lowest BCUT2D eigenvalue weighted by Crippen LogP contribution is -2.21. The molecule has 1 aliphatic heterocycles. The molecule has 0 saturated carbocycles. The van der Waals surface area contributed by atoms with Crippen molar-refractivity contribution < 1.29 is 9.84 Å². The SMILES string of the molecule is CC(C)Oc1cccc(N2CCC(CCO)C2)c1N. The maximum absolute atomic E-state index is 9.02. The Bertz CT molecular complexity index is 421. The Morgan fingerprint density at radius 3 is 2.95 bits per heavy atom. The molecule has 4 nitrogen and oxygen atoms in total. The molecule has 1 aliphatic rings. The third-order valence-electron chi connectivity index (χ3n) is 3.57. The zero-order chi connectivity index (χ0) is 13.8. The van der Waals surface area contributed by atoms with E-state index >= 15 is 0 Å². The first kappa shape index (κ1) is 14.0. The van der Waals surface area contributed by atoms with Crippen LogP contribution in [0, 0.1) is 5.92 Å². The number of para-hydroxylation sites is 1. The van der Waals surface area contributed by atoms with Gasteiger partial charge >= 0.3 is 0 Å². The summed E-state index contributed by atoms with van der Waals surface area (Å²) in [5, 5.41) is 9.02. The Morgan fingerprint density at radius 1 is 1.47 bits per heavy atom. The summed E-state index contributed by atoms with van der Waals surface area (Å²) in [6.07, 6.45) is 2.12. The number of anilines is 2. The van der Waals surface area contributed by atoms with Gasteiger partial charge in [0.15, 0.2) is 0 Å². The van der Waals surface area contributed by atoms with Crippen LogP contribution in [0.3, 0.4) is 0 Å². The van der Waals surface area contributed by atoms with Crippen LogP contribution in [0.15, 0.2) is 18.2 Å². The van der Waals surface area contributed by atoms with E-state index in [1.165, 1.54) is 0 Å². The summed E-state index contributed by atoms with van der Waals surface area (Å²) in [4.78, 5) is 2.29. The van der Waals surface area contributed by atoms with Gasteiger partial charge in [-0.3, -0.25) is 0 Å². The van der Waals surface area contributed by atoms with Gasteiger partial charge in [0.05, 0.1) is 17.5 Å². The van der Waals surface area contributed by atoms with Crippen molar-refractivity contribution in [3.8, 4) is 5.75 Å². The van der Waals surface area contributed by atoms with Crippen LogP contribution in [0.1, 0.15) is 26.7 Å². The molecule has 1 atom stereocenters. The summed E-state index contributed by atoms with van der Waals surface area (Å²) in [5.41, 5.74) is 7.99. The van der Waals surface area contributed by atoms with Crippen LogP contribution >= 0.6 is 0 Å². The van der Waals surface area contributed by atoms with E-state index in [4.69, 9.17) is 15.6 Å². The van der Waals surface area contributed by atoms with Gasteiger partial charge in [0, 0.05) is 19.7 Å². The molecular formula is C15H24N2O2. The van der Waals surface area contributed by atoms with Gasteiger partial charge < -0.3 is 20.5 Å². The predicted molar refractivity (Wildman–Crippen MR) is 78.6 cm³/mol. The highest BCUT2D eigenvalue weighted by Gasteiger charge is 2.24. The highest BCUT2D eigenvalue weighted by atomic mass is 16.5. The Balaban J connectivity index is 2.12. The van der Waals surface area contributed by atoms with Gasteiger partial charge in [-0.25, -0.2) is 0 Å². The first-order valence-electron chi connectivity index (χ1n) is 7.02. The van der Waals surface area contributed by atoms with Crippen molar-refractivity contribution in [2.45, 2.75) is 32.8 Å². The van der Waals surface area contributed by atoms with Crippen molar-refractivity contribution in [1.82, 2.24) is 0 Å². The van der Waals surface area contributed by atoms with E-state index in [0.717, 1.165) is 43.1 Å².